The van der Waals surface area contributed by atoms with Gasteiger partial charge in [-0.15, -0.1) is 0 Å². The Kier molecular flexibility index (Phi) is 9.10. The van der Waals surface area contributed by atoms with Crippen LogP contribution in [0.3, 0.4) is 0 Å². The molecule has 0 atom stereocenters. The fraction of sp³-hybridized carbons (Fsp3) is 0. The number of hydrogen-bond acceptors (Lipinski definition) is 4. The summed E-state index contributed by atoms with van der Waals surface area (Å²) < 4.78 is 2.12. The number of aromatic nitrogens is 5. The molecule has 5 nitrogen and oxygen atoms in total. The van der Waals surface area contributed by atoms with E-state index in [0.29, 0.717) is 17.5 Å². The molecule has 0 aliphatic heterocycles. The Balaban J connectivity index is 1.11. The van der Waals surface area contributed by atoms with Crippen LogP contribution in [0.1, 0.15) is 0 Å². The Hall–Kier alpha value is -8.28. The summed E-state index contributed by atoms with van der Waals surface area (Å²) in [5, 5.41) is 8.81. The number of para-hydroxylation sites is 1. The van der Waals surface area contributed by atoms with Crippen LogP contribution in [0, 0.1) is 0 Å². The predicted octanol–water partition coefficient (Wildman–Crippen LogP) is 14.0. The minimum Gasteiger partial charge on any atom is -0.232 e. The topological polar surface area (TPSA) is 56.5 Å². The van der Waals surface area contributed by atoms with Crippen molar-refractivity contribution in [2.24, 2.45) is 0 Å². The van der Waals surface area contributed by atoms with Gasteiger partial charge in [0.05, 0.1) is 11.2 Å². The molecule has 11 rings (SSSR count). The fourth-order valence-corrected chi connectivity index (χ4v) is 8.40. The van der Waals surface area contributed by atoms with E-state index in [1.54, 1.807) is 0 Å². The van der Waals surface area contributed by atoms with Gasteiger partial charge in [-0.2, -0.15) is 5.10 Å². The summed E-state index contributed by atoms with van der Waals surface area (Å²) in [7, 11) is 0. The average Bonchev–Trinajstić information content (AvgIpc) is 3.76. The highest BCUT2D eigenvalue weighted by Gasteiger charge is 2.25. The van der Waals surface area contributed by atoms with Gasteiger partial charge in [0.1, 0.15) is 5.69 Å². The molecule has 5 heteroatoms. The first-order valence-corrected chi connectivity index (χ1v) is 20.5. The summed E-state index contributed by atoms with van der Waals surface area (Å²) >= 11 is 0. The number of benzene rings is 9. The average molecular weight is 780 g/mol. The maximum Gasteiger partial charge on any atom is 0.164 e. The highest BCUT2D eigenvalue weighted by Crippen LogP contribution is 2.48. The van der Waals surface area contributed by atoms with Crippen molar-refractivity contribution in [3.8, 4) is 84.5 Å². The van der Waals surface area contributed by atoms with E-state index in [1.807, 2.05) is 42.5 Å². The maximum atomic E-state index is 5.44. The van der Waals surface area contributed by atoms with Crippen molar-refractivity contribution in [1.82, 2.24) is 24.7 Å². The van der Waals surface area contributed by atoms with Gasteiger partial charge in [0.15, 0.2) is 17.5 Å². The van der Waals surface area contributed by atoms with E-state index >= 15 is 0 Å². The van der Waals surface area contributed by atoms with Crippen LogP contribution < -0.4 is 0 Å². The molecule has 2 heterocycles. The van der Waals surface area contributed by atoms with Crippen LogP contribution in [0.2, 0.25) is 0 Å². The Morgan fingerprint density at radius 3 is 1.18 bits per heavy atom. The number of hydrogen-bond donors (Lipinski definition) is 0. The quantitative estimate of drug-likeness (QED) is 0.154. The van der Waals surface area contributed by atoms with Crippen LogP contribution in [0.25, 0.3) is 106 Å². The number of rotatable bonds is 8. The molecular formula is C56H37N5. The third-order valence-corrected chi connectivity index (χ3v) is 11.3. The molecule has 9 aromatic carbocycles. The van der Waals surface area contributed by atoms with Crippen LogP contribution in [-0.2, 0) is 0 Å². The van der Waals surface area contributed by atoms with Crippen LogP contribution in [0.5, 0.6) is 0 Å². The zero-order valence-electron chi connectivity index (χ0n) is 33.1. The van der Waals surface area contributed by atoms with Crippen molar-refractivity contribution in [3.05, 3.63) is 224 Å². The largest absolute Gasteiger partial charge is 0.232 e. The van der Waals surface area contributed by atoms with Crippen LogP contribution >= 0.6 is 0 Å². The second kappa shape index (κ2) is 15.5. The van der Waals surface area contributed by atoms with Crippen LogP contribution in [0.15, 0.2) is 224 Å². The summed E-state index contributed by atoms with van der Waals surface area (Å²) in [5.74, 6) is 1.87. The molecule has 0 spiro atoms. The maximum absolute atomic E-state index is 5.44. The SMILES string of the molecule is c1ccc(-c2ccc(-c3nc(-c4ccccc4)nc(-c4ccc(-c5c(-c6ccccc6)c6c(-c7ccccc7)nn(-c7ccccc7)c6c6ccccc56)cc4)n3)cc2)cc1. The Bertz CT molecular complexity index is 3290. The smallest absolute Gasteiger partial charge is 0.164 e. The lowest BCUT2D eigenvalue weighted by molar-refractivity contribution is 0.918. The highest BCUT2D eigenvalue weighted by molar-refractivity contribution is 6.24. The lowest BCUT2D eigenvalue weighted by Gasteiger charge is -2.18. The van der Waals surface area contributed by atoms with E-state index in [4.69, 9.17) is 20.1 Å². The Morgan fingerprint density at radius 2 is 0.639 bits per heavy atom. The monoisotopic (exact) mass is 779 g/mol. The lowest BCUT2D eigenvalue weighted by atomic mass is 9.85. The minimum atomic E-state index is 0.613. The van der Waals surface area contributed by atoms with E-state index in [2.05, 4.69) is 187 Å². The van der Waals surface area contributed by atoms with E-state index in [0.717, 1.165) is 83.1 Å². The van der Waals surface area contributed by atoms with Crippen molar-refractivity contribution in [2.75, 3.05) is 0 Å². The second-order valence-corrected chi connectivity index (χ2v) is 15.0. The lowest BCUT2D eigenvalue weighted by Crippen LogP contribution is -2.00. The molecule has 2 aromatic heterocycles. The molecule has 286 valence electrons. The highest BCUT2D eigenvalue weighted by atomic mass is 15.3. The molecule has 0 amide bonds. The van der Waals surface area contributed by atoms with Crippen molar-refractivity contribution in [3.63, 3.8) is 0 Å². The predicted molar refractivity (Wildman–Crippen MR) is 250 cm³/mol. The number of fused-ring (bicyclic) bond motifs is 3. The summed E-state index contributed by atoms with van der Waals surface area (Å²) in [6.45, 7) is 0. The molecule has 11 aromatic rings. The molecule has 0 saturated heterocycles. The first-order chi connectivity index (χ1) is 30.3. The van der Waals surface area contributed by atoms with Gasteiger partial charge in [0, 0.05) is 38.6 Å². The molecule has 0 bridgehead atoms. The molecule has 61 heavy (non-hydrogen) atoms. The Morgan fingerprint density at radius 1 is 0.279 bits per heavy atom. The summed E-state index contributed by atoms with van der Waals surface area (Å²) in [6.07, 6.45) is 0. The molecule has 0 saturated carbocycles. The normalized spacial score (nSPS) is 11.3. The summed E-state index contributed by atoms with van der Waals surface area (Å²) in [4.78, 5) is 15.2. The van der Waals surface area contributed by atoms with E-state index in [9.17, 15) is 0 Å². The first-order valence-electron chi connectivity index (χ1n) is 20.5. The van der Waals surface area contributed by atoms with Crippen LogP contribution in [0.4, 0.5) is 0 Å². The van der Waals surface area contributed by atoms with Crippen molar-refractivity contribution >= 4 is 21.7 Å². The summed E-state index contributed by atoms with van der Waals surface area (Å²) in [6, 6.07) is 78.1. The van der Waals surface area contributed by atoms with Gasteiger partial charge in [-0.25, -0.2) is 19.6 Å². The first kappa shape index (κ1) is 35.8. The molecule has 0 aliphatic rings. The van der Waals surface area contributed by atoms with Crippen molar-refractivity contribution < 1.29 is 0 Å². The van der Waals surface area contributed by atoms with Gasteiger partial charge >= 0.3 is 0 Å². The van der Waals surface area contributed by atoms with Crippen molar-refractivity contribution in [1.29, 1.82) is 0 Å². The van der Waals surface area contributed by atoms with Gasteiger partial charge in [0.2, 0.25) is 0 Å². The van der Waals surface area contributed by atoms with E-state index in [1.165, 1.54) is 5.56 Å². The van der Waals surface area contributed by atoms with Gasteiger partial charge in [0.25, 0.3) is 0 Å². The zero-order chi connectivity index (χ0) is 40.5. The Labute approximate surface area is 354 Å². The third kappa shape index (κ3) is 6.64. The summed E-state index contributed by atoms with van der Waals surface area (Å²) in [5.41, 5.74) is 13.6. The zero-order valence-corrected chi connectivity index (χ0v) is 33.1. The van der Waals surface area contributed by atoms with Crippen LogP contribution in [-0.4, -0.2) is 24.7 Å². The van der Waals surface area contributed by atoms with Gasteiger partial charge in [-0.1, -0.05) is 212 Å². The van der Waals surface area contributed by atoms with Crippen molar-refractivity contribution in [2.45, 2.75) is 0 Å². The molecule has 0 fully saturated rings. The molecule has 0 N–H and O–H groups in total. The second-order valence-electron chi connectivity index (χ2n) is 15.0. The molecule has 0 aliphatic carbocycles. The van der Waals surface area contributed by atoms with Gasteiger partial charge < -0.3 is 0 Å². The number of nitrogens with zero attached hydrogens (tertiary/aromatic N) is 5. The molecule has 0 radical (unpaired) electrons. The van der Waals surface area contributed by atoms with Gasteiger partial charge in [-0.05, 0) is 45.3 Å². The van der Waals surface area contributed by atoms with Gasteiger partial charge in [-0.3, -0.25) is 0 Å². The third-order valence-electron chi connectivity index (χ3n) is 11.3. The van der Waals surface area contributed by atoms with E-state index in [-0.39, 0.29) is 0 Å². The van der Waals surface area contributed by atoms with E-state index < -0.39 is 0 Å². The molecule has 0 unspecified atom stereocenters. The fourth-order valence-electron chi connectivity index (χ4n) is 8.40. The minimum absolute atomic E-state index is 0.613. The molecular weight excluding hydrogens is 743 g/mol. The standard InChI is InChI=1S/C56H37N5/c1-6-18-38(19-7-1)39-30-34-44(35-31-39)55-57-54(43-24-12-4-13-25-43)58-56(59-55)45-36-32-41(33-37-45)49-47-28-16-17-29-48(47)53-51(50(49)40-20-8-2-9-21-40)52(42-22-10-3-11-23-42)60-61(53)46-26-14-5-15-27-46/h1-37H.